The van der Waals surface area contributed by atoms with Gasteiger partial charge in [0.15, 0.2) is 6.61 Å². The van der Waals surface area contributed by atoms with Crippen molar-refractivity contribution in [1.82, 2.24) is 4.90 Å². The van der Waals surface area contributed by atoms with Crippen molar-refractivity contribution < 1.29 is 23.9 Å². The van der Waals surface area contributed by atoms with Crippen LogP contribution in [0.5, 0.6) is 0 Å². The quantitative estimate of drug-likeness (QED) is 0.258. The third-order valence-electron chi connectivity index (χ3n) is 5.09. The highest BCUT2D eigenvalue weighted by Crippen LogP contribution is 2.45. The highest BCUT2D eigenvalue weighted by Gasteiger charge is 2.45. The summed E-state index contributed by atoms with van der Waals surface area (Å²) in [5.41, 5.74) is 1.94. The first-order chi connectivity index (χ1) is 15.0. The maximum atomic E-state index is 12.8. The predicted molar refractivity (Wildman–Crippen MR) is 122 cm³/mol. The minimum atomic E-state index is -1.36. The molecule has 1 N–H and O–H groups in total. The third kappa shape index (κ3) is 4.18. The van der Waals surface area contributed by atoms with Gasteiger partial charge in [-0.25, -0.2) is 4.79 Å². The molecule has 1 aliphatic heterocycles. The van der Waals surface area contributed by atoms with Crippen LogP contribution >= 0.6 is 46.4 Å². The lowest BCUT2D eigenvalue weighted by Crippen LogP contribution is -2.44. The Kier molecular flexibility index (Phi) is 7.05. The summed E-state index contributed by atoms with van der Waals surface area (Å²) in [7, 11) is 0. The average molecular weight is 518 g/mol. The fourth-order valence-electron chi connectivity index (χ4n) is 3.15. The number of amides is 3. The second-order valence-corrected chi connectivity index (χ2v) is 8.58. The number of aryl methyl sites for hydroxylation is 1. The molecule has 168 valence electrons. The summed E-state index contributed by atoms with van der Waals surface area (Å²) >= 11 is 24.1. The molecule has 0 unspecified atom stereocenters. The number of carbonyl (C=O) groups is 4. The molecule has 0 saturated carbocycles. The van der Waals surface area contributed by atoms with Crippen LogP contribution < -0.4 is 5.32 Å². The normalized spacial score (nSPS) is 13.8. The zero-order valence-electron chi connectivity index (χ0n) is 17.0. The Morgan fingerprint density at radius 3 is 2.03 bits per heavy atom. The molecule has 0 fully saturated rings. The molecular weight excluding hydrogens is 502 g/mol. The van der Waals surface area contributed by atoms with Gasteiger partial charge >= 0.3 is 5.97 Å². The number of carbonyl (C=O) groups excluding carboxylic acids is 4. The van der Waals surface area contributed by atoms with Gasteiger partial charge in [-0.05, 0) is 38.0 Å². The van der Waals surface area contributed by atoms with Gasteiger partial charge < -0.3 is 10.1 Å². The molecule has 0 aromatic heterocycles. The van der Waals surface area contributed by atoms with E-state index in [0.29, 0.717) is 10.6 Å². The summed E-state index contributed by atoms with van der Waals surface area (Å²) in [6.07, 6.45) is 0. The number of nitrogens with zero attached hydrogens (tertiary/aromatic N) is 1. The smallest absolute Gasteiger partial charge is 0.329 e. The number of esters is 1. The van der Waals surface area contributed by atoms with Crippen molar-refractivity contribution >= 4 is 75.8 Å². The largest absolute Gasteiger partial charge is 0.454 e. The summed E-state index contributed by atoms with van der Waals surface area (Å²) in [6, 6.07) is 4.03. The second kappa shape index (κ2) is 9.27. The van der Waals surface area contributed by atoms with E-state index in [0.717, 1.165) is 11.1 Å². The molecule has 0 spiro atoms. The Bertz CT molecular complexity index is 1130. The van der Waals surface area contributed by atoms with Gasteiger partial charge in [-0.1, -0.05) is 58.5 Å². The van der Waals surface area contributed by atoms with Gasteiger partial charge in [0.1, 0.15) is 6.04 Å². The van der Waals surface area contributed by atoms with Crippen LogP contribution in [-0.4, -0.2) is 41.2 Å². The number of rotatable bonds is 5. The fraction of sp³-hybridized carbons (Fsp3) is 0.238. The second-order valence-electron chi connectivity index (χ2n) is 7.07. The number of hydrogen-bond donors (Lipinski definition) is 1. The van der Waals surface area contributed by atoms with E-state index in [1.807, 2.05) is 19.9 Å². The number of imide groups is 1. The molecular formula is C21H16Cl4N2O5. The number of hydrogen-bond acceptors (Lipinski definition) is 5. The number of fused-ring (bicyclic) bond motifs is 1. The molecule has 0 bridgehead atoms. The highest BCUT2D eigenvalue weighted by atomic mass is 35.5. The molecule has 2 aromatic rings. The first-order valence-electron chi connectivity index (χ1n) is 9.23. The van der Waals surface area contributed by atoms with Crippen LogP contribution in [0.3, 0.4) is 0 Å². The summed E-state index contributed by atoms with van der Waals surface area (Å²) in [5, 5.41) is 1.79. The van der Waals surface area contributed by atoms with Crippen LogP contribution in [0.2, 0.25) is 20.1 Å². The Labute approximate surface area is 203 Å². The van der Waals surface area contributed by atoms with E-state index in [1.165, 1.54) is 6.92 Å². The average Bonchev–Trinajstić information content (AvgIpc) is 3.01. The van der Waals surface area contributed by atoms with E-state index in [2.05, 4.69) is 5.32 Å². The van der Waals surface area contributed by atoms with Crippen molar-refractivity contribution in [2.75, 3.05) is 11.9 Å². The Balaban J connectivity index is 1.72. The molecule has 0 saturated heterocycles. The van der Waals surface area contributed by atoms with E-state index < -0.39 is 36.3 Å². The molecule has 3 amide bonds. The minimum Gasteiger partial charge on any atom is -0.454 e. The number of benzene rings is 2. The molecule has 3 rings (SSSR count). The maximum absolute atomic E-state index is 12.8. The molecule has 0 aliphatic carbocycles. The van der Waals surface area contributed by atoms with Crippen LogP contribution in [0.4, 0.5) is 5.69 Å². The van der Waals surface area contributed by atoms with Crippen LogP contribution in [0.1, 0.15) is 38.8 Å². The van der Waals surface area contributed by atoms with Gasteiger partial charge in [-0.2, -0.15) is 0 Å². The van der Waals surface area contributed by atoms with Crippen molar-refractivity contribution in [2.45, 2.75) is 26.8 Å². The van der Waals surface area contributed by atoms with Gasteiger partial charge in [0.2, 0.25) is 0 Å². The number of nitrogens with one attached hydrogen (secondary N) is 1. The number of ether oxygens (including phenoxy) is 1. The first-order valence-corrected chi connectivity index (χ1v) is 10.7. The monoisotopic (exact) mass is 516 g/mol. The van der Waals surface area contributed by atoms with E-state index >= 15 is 0 Å². The maximum Gasteiger partial charge on any atom is 0.329 e. The molecule has 1 aliphatic rings. The van der Waals surface area contributed by atoms with E-state index in [9.17, 15) is 19.2 Å². The summed E-state index contributed by atoms with van der Waals surface area (Å²) in [5.74, 6) is -3.30. The summed E-state index contributed by atoms with van der Waals surface area (Å²) < 4.78 is 5.01. The molecule has 2 aromatic carbocycles. The molecule has 0 radical (unpaired) electrons. The zero-order valence-corrected chi connectivity index (χ0v) is 20.0. The van der Waals surface area contributed by atoms with Crippen molar-refractivity contribution in [1.29, 1.82) is 0 Å². The lowest BCUT2D eigenvalue weighted by Gasteiger charge is -2.21. The number of anilines is 1. The SMILES string of the molecule is Cc1cccc(NC(=O)COC(=O)[C@@H](C)N2C(=O)c3c(Cl)c(Cl)c(Cl)c(Cl)c3C2=O)c1C. The molecule has 1 atom stereocenters. The van der Waals surface area contributed by atoms with Gasteiger partial charge in [0.05, 0.1) is 31.2 Å². The van der Waals surface area contributed by atoms with Crippen molar-refractivity contribution in [2.24, 2.45) is 0 Å². The molecule has 32 heavy (non-hydrogen) atoms. The van der Waals surface area contributed by atoms with E-state index in [4.69, 9.17) is 51.1 Å². The molecule has 1 heterocycles. The standard InChI is InChI=1S/C21H16Cl4N2O5/c1-8-5-4-6-11(9(8)2)26-12(28)7-32-21(31)10(3)27-19(29)13-14(20(27)30)16(23)18(25)17(24)15(13)22/h4-6,10H,7H2,1-3H3,(H,26,28)/t10-/m1/s1. The fourth-order valence-corrected chi connectivity index (χ4v) is 4.17. The van der Waals surface area contributed by atoms with E-state index in [1.54, 1.807) is 12.1 Å². The van der Waals surface area contributed by atoms with E-state index in [-0.39, 0.29) is 31.2 Å². The topological polar surface area (TPSA) is 92.8 Å². The minimum absolute atomic E-state index is 0.182. The van der Waals surface area contributed by atoms with Crippen molar-refractivity contribution in [3.8, 4) is 0 Å². The zero-order chi connectivity index (χ0) is 23.9. The van der Waals surface area contributed by atoms with Gasteiger partial charge in [0.25, 0.3) is 17.7 Å². The van der Waals surface area contributed by atoms with Crippen molar-refractivity contribution in [3.05, 3.63) is 60.5 Å². The summed E-state index contributed by atoms with van der Waals surface area (Å²) in [4.78, 5) is 50.9. The Hall–Kier alpha value is -2.32. The third-order valence-corrected chi connectivity index (χ3v) is 6.89. The first kappa shape index (κ1) is 24.3. The Morgan fingerprint density at radius 1 is 0.969 bits per heavy atom. The van der Waals surface area contributed by atoms with Crippen LogP contribution in [0.25, 0.3) is 0 Å². The van der Waals surface area contributed by atoms with Crippen LogP contribution in [0, 0.1) is 13.8 Å². The highest BCUT2D eigenvalue weighted by molar-refractivity contribution is 6.55. The summed E-state index contributed by atoms with van der Waals surface area (Å²) in [6.45, 7) is 4.40. The molecule has 7 nitrogen and oxygen atoms in total. The molecule has 11 heteroatoms. The lowest BCUT2D eigenvalue weighted by atomic mass is 10.1. The van der Waals surface area contributed by atoms with Crippen molar-refractivity contribution in [3.63, 3.8) is 0 Å². The van der Waals surface area contributed by atoms with Crippen LogP contribution in [-0.2, 0) is 14.3 Å². The van der Waals surface area contributed by atoms with Gasteiger partial charge in [-0.3, -0.25) is 19.3 Å². The lowest BCUT2D eigenvalue weighted by molar-refractivity contribution is -0.150. The Morgan fingerprint density at radius 2 is 1.50 bits per heavy atom. The van der Waals surface area contributed by atoms with Crippen LogP contribution in [0.15, 0.2) is 18.2 Å². The number of halogens is 4. The predicted octanol–water partition coefficient (Wildman–Crippen LogP) is 5.08. The van der Waals surface area contributed by atoms with Gasteiger partial charge in [-0.15, -0.1) is 0 Å². The van der Waals surface area contributed by atoms with Gasteiger partial charge in [0, 0.05) is 5.69 Å².